The van der Waals surface area contributed by atoms with Crippen molar-refractivity contribution in [1.82, 2.24) is 19.7 Å². The fraction of sp³-hybridized carbons (Fsp3) is 0.429. The van der Waals surface area contributed by atoms with Crippen LogP contribution < -0.4 is 0 Å². The maximum absolute atomic E-state index is 13.0. The molecule has 0 unspecified atom stereocenters. The molecule has 1 aliphatic carbocycles. The van der Waals surface area contributed by atoms with Crippen LogP contribution in [0.25, 0.3) is 5.82 Å². The number of benzene rings is 1. The van der Waals surface area contributed by atoms with E-state index in [9.17, 15) is 22.8 Å². The summed E-state index contributed by atoms with van der Waals surface area (Å²) in [7, 11) is 1.53. The normalized spacial score (nSPS) is 15.1. The Morgan fingerprint density at radius 1 is 1.16 bits per heavy atom. The summed E-state index contributed by atoms with van der Waals surface area (Å²) in [6.45, 7) is 8.30. The number of amides is 1. The Hall–Kier alpha value is -3.49. The molecule has 0 spiro atoms. The van der Waals surface area contributed by atoms with E-state index in [1.807, 2.05) is 0 Å². The van der Waals surface area contributed by atoms with E-state index in [0.29, 0.717) is 47.7 Å². The molecule has 0 fully saturated rings. The fourth-order valence-electron chi connectivity index (χ4n) is 4.80. The van der Waals surface area contributed by atoms with E-state index >= 15 is 0 Å². The number of rotatable bonds is 6. The average molecular weight is 513 g/mol. The van der Waals surface area contributed by atoms with Crippen LogP contribution in [0.3, 0.4) is 0 Å². The van der Waals surface area contributed by atoms with Gasteiger partial charge in [-0.1, -0.05) is 39.8 Å². The van der Waals surface area contributed by atoms with Crippen molar-refractivity contribution in [3.05, 3.63) is 76.2 Å². The number of halogens is 3. The lowest BCUT2D eigenvalue weighted by molar-refractivity contribution is -0.137. The van der Waals surface area contributed by atoms with Crippen LogP contribution in [-0.4, -0.2) is 38.4 Å². The third-order valence-corrected chi connectivity index (χ3v) is 6.45. The molecule has 2 heterocycles. The van der Waals surface area contributed by atoms with Gasteiger partial charge in [0, 0.05) is 26.2 Å². The zero-order valence-corrected chi connectivity index (χ0v) is 21.7. The van der Waals surface area contributed by atoms with Crippen LogP contribution in [0.15, 0.2) is 42.6 Å². The third kappa shape index (κ3) is 5.76. The Kier molecular flexibility index (Phi) is 7.01. The molecule has 4 rings (SSSR count). The van der Waals surface area contributed by atoms with Gasteiger partial charge in [0.05, 0.1) is 28.1 Å². The van der Waals surface area contributed by atoms with Gasteiger partial charge < -0.3 is 4.90 Å². The van der Waals surface area contributed by atoms with Gasteiger partial charge in [-0.05, 0) is 54.0 Å². The number of ketones is 1. The highest BCUT2D eigenvalue weighted by Crippen LogP contribution is 2.37. The van der Waals surface area contributed by atoms with Gasteiger partial charge in [-0.25, -0.2) is 9.67 Å². The van der Waals surface area contributed by atoms with E-state index in [-0.39, 0.29) is 23.7 Å². The molecular formula is C28H31F3N4O2. The molecule has 0 bridgehead atoms. The van der Waals surface area contributed by atoms with Crippen LogP contribution in [0.1, 0.15) is 77.3 Å². The smallest absolute Gasteiger partial charge is 0.337 e. The highest BCUT2D eigenvalue weighted by molar-refractivity contribution is 6.00. The number of nitrogens with zero attached hydrogens (tertiary/aromatic N) is 4. The van der Waals surface area contributed by atoms with E-state index in [2.05, 4.69) is 32.7 Å². The number of carbonyl (C=O) groups is 2. The second kappa shape index (κ2) is 9.76. The van der Waals surface area contributed by atoms with Crippen LogP contribution in [0, 0.1) is 11.3 Å². The van der Waals surface area contributed by atoms with Crippen molar-refractivity contribution in [2.75, 3.05) is 7.05 Å². The topological polar surface area (TPSA) is 68.1 Å². The number of alkyl halides is 3. The molecule has 9 heteroatoms. The summed E-state index contributed by atoms with van der Waals surface area (Å²) in [5, 5.41) is 4.76. The molecule has 0 saturated carbocycles. The van der Waals surface area contributed by atoms with E-state index in [0.717, 1.165) is 23.5 Å². The van der Waals surface area contributed by atoms with Crippen molar-refractivity contribution in [1.29, 1.82) is 0 Å². The first-order valence-electron chi connectivity index (χ1n) is 12.3. The summed E-state index contributed by atoms with van der Waals surface area (Å²) in [5.41, 5.74) is 2.03. The van der Waals surface area contributed by atoms with Gasteiger partial charge in [0.25, 0.3) is 5.91 Å². The standard InChI is InChI=1S/C28H31F3N4O2/c1-17(2)11-21-25-22(13-27(3,4)14-23(25)36)35(33-21)24-10-9-19(15-32-24)26(37)34(5)16-18-7-6-8-20(12-18)28(29,30)31/h6-10,12,15,17H,11,13-14,16H2,1-5H3. The minimum Gasteiger partial charge on any atom is -0.337 e. The molecule has 6 nitrogen and oxygen atoms in total. The molecule has 0 atom stereocenters. The lowest BCUT2D eigenvalue weighted by Crippen LogP contribution is -2.28. The van der Waals surface area contributed by atoms with Crippen LogP contribution >= 0.6 is 0 Å². The number of aromatic nitrogens is 3. The monoisotopic (exact) mass is 512 g/mol. The van der Waals surface area contributed by atoms with Crippen molar-refractivity contribution in [2.24, 2.45) is 11.3 Å². The first-order valence-corrected chi connectivity index (χ1v) is 12.3. The van der Waals surface area contributed by atoms with Gasteiger partial charge in [0.2, 0.25) is 0 Å². The predicted molar refractivity (Wildman–Crippen MR) is 134 cm³/mol. The van der Waals surface area contributed by atoms with Crippen molar-refractivity contribution in [3.63, 3.8) is 0 Å². The lowest BCUT2D eigenvalue weighted by atomic mass is 9.75. The first kappa shape index (κ1) is 26.6. The summed E-state index contributed by atoms with van der Waals surface area (Å²) in [5.74, 6) is 0.566. The molecule has 3 aromatic rings. The number of Topliss-reactive ketones (excluding diaryl/α,β-unsaturated/α-hetero) is 1. The number of hydrogen-bond acceptors (Lipinski definition) is 4. The molecule has 2 aromatic heterocycles. The third-order valence-electron chi connectivity index (χ3n) is 6.45. The van der Waals surface area contributed by atoms with E-state index < -0.39 is 11.7 Å². The maximum Gasteiger partial charge on any atom is 0.416 e. The fourth-order valence-corrected chi connectivity index (χ4v) is 4.80. The zero-order chi connectivity index (χ0) is 27.1. The SMILES string of the molecule is CC(C)Cc1nn(-c2ccc(C(=O)N(C)Cc3cccc(C(F)(F)F)c3)cn2)c2c1C(=O)CC(C)(C)C2. The molecule has 196 valence electrons. The molecule has 0 aliphatic heterocycles. The van der Waals surface area contributed by atoms with Gasteiger partial charge in [0.15, 0.2) is 11.6 Å². The van der Waals surface area contributed by atoms with E-state index in [4.69, 9.17) is 5.10 Å². The Morgan fingerprint density at radius 2 is 1.89 bits per heavy atom. The molecule has 1 aliphatic rings. The summed E-state index contributed by atoms with van der Waals surface area (Å²) in [4.78, 5) is 31.8. The Balaban J connectivity index is 1.58. The number of hydrogen-bond donors (Lipinski definition) is 0. The molecule has 1 amide bonds. The molecule has 0 saturated heterocycles. The van der Waals surface area contributed by atoms with Crippen LogP contribution in [-0.2, 0) is 25.6 Å². The predicted octanol–water partition coefficient (Wildman–Crippen LogP) is 5.91. The van der Waals surface area contributed by atoms with Crippen LogP contribution in [0.2, 0.25) is 0 Å². The quantitative estimate of drug-likeness (QED) is 0.412. The van der Waals surface area contributed by atoms with Crippen molar-refractivity contribution in [3.8, 4) is 5.82 Å². The van der Waals surface area contributed by atoms with Gasteiger partial charge in [-0.3, -0.25) is 9.59 Å². The summed E-state index contributed by atoms with van der Waals surface area (Å²) in [6, 6.07) is 8.24. The Bertz CT molecular complexity index is 1320. The molecule has 37 heavy (non-hydrogen) atoms. The van der Waals surface area contributed by atoms with Gasteiger partial charge in [-0.2, -0.15) is 18.3 Å². The maximum atomic E-state index is 13.0. The minimum atomic E-state index is -4.45. The van der Waals surface area contributed by atoms with Crippen molar-refractivity contribution in [2.45, 2.75) is 59.7 Å². The van der Waals surface area contributed by atoms with Gasteiger partial charge in [-0.15, -0.1) is 0 Å². The molecule has 0 N–H and O–H groups in total. The highest BCUT2D eigenvalue weighted by Gasteiger charge is 2.37. The van der Waals surface area contributed by atoms with Gasteiger partial charge >= 0.3 is 6.18 Å². The second-order valence-corrected chi connectivity index (χ2v) is 11.0. The summed E-state index contributed by atoms with van der Waals surface area (Å²) < 4.78 is 40.8. The van der Waals surface area contributed by atoms with Crippen molar-refractivity contribution >= 4 is 11.7 Å². The number of fused-ring (bicyclic) bond motifs is 1. The van der Waals surface area contributed by atoms with E-state index in [1.165, 1.54) is 24.2 Å². The largest absolute Gasteiger partial charge is 0.416 e. The van der Waals surface area contributed by atoms with Crippen molar-refractivity contribution < 1.29 is 22.8 Å². The number of pyridine rings is 1. The first-order chi connectivity index (χ1) is 17.2. The number of carbonyl (C=O) groups excluding carboxylic acids is 2. The highest BCUT2D eigenvalue weighted by atomic mass is 19.4. The zero-order valence-electron chi connectivity index (χ0n) is 21.7. The Labute approximate surface area is 214 Å². The second-order valence-electron chi connectivity index (χ2n) is 11.0. The Morgan fingerprint density at radius 3 is 2.51 bits per heavy atom. The molecule has 0 radical (unpaired) electrons. The van der Waals surface area contributed by atoms with Crippen LogP contribution in [0.4, 0.5) is 13.2 Å². The van der Waals surface area contributed by atoms with Gasteiger partial charge in [0.1, 0.15) is 0 Å². The summed E-state index contributed by atoms with van der Waals surface area (Å²) >= 11 is 0. The average Bonchev–Trinajstić information content (AvgIpc) is 3.14. The summed E-state index contributed by atoms with van der Waals surface area (Å²) in [6.07, 6.45) is -1.18. The molecular weight excluding hydrogens is 481 g/mol. The molecule has 1 aromatic carbocycles. The minimum absolute atomic E-state index is 0.0208. The van der Waals surface area contributed by atoms with Crippen LogP contribution in [0.5, 0.6) is 0 Å². The van der Waals surface area contributed by atoms with E-state index in [1.54, 1.807) is 22.9 Å². The lowest BCUT2D eigenvalue weighted by Gasteiger charge is -2.29.